The maximum atomic E-state index is 13.1. The third-order valence-electron chi connectivity index (χ3n) is 4.52. The van der Waals surface area contributed by atoms with E-state index in [1.807, 2.05) is 19.1 Å². The lowest BCUT2D eigenvalue weighted by Crippen LogP contribution is -2.07. The van der Waals surface area contributed by atoms with Crippen LogP contribution >= 0.6 is 0 Å². The Hall–Kier alpha value is -4.14. The number of carbonyl (C=O) groups is 1. The van der Waals surface area contributed by atoms with Crippen LogP contribution in [0.4, 0.5) is 16.0 Å². The van der Waals surface area contributed by atoms with Gasteiger partial charge in [-0.3, -0.25) is 4.79 Å². The van der Waals surface area contributed by atoms with Crippen molar-refractivity contribution in [2.24, 2.45) is 0 Å². The molecule has 4 aromatic rings. The summed E-state index contributed by atoms with van der Waals surface area (Å²) in [6.45, 7) is 4.14. The molecule has 0 unspecified atom stereocenters. The second-order valence-electron chi connectivity index (χ2n) is 6.95. The van der Waals surface area contributed by atoms with Gasteiger partial charge in [0.05, 0.1) is 18.5 Å². The minimum Gasteiger partial charge on any atom is -0.476 e. The van der Waals surface area contributed by atoms with Crippen molar-refractivity contribution in [3.05, 3.63) is 66.1 Å². The summed E-state index contributed by atoms with van der Waals surface area (Å²) in [5.74, 6) is 0.242. The largest absolute Gasteiger partial charge is 0.476 e. The van der Waals surface area contributed by atoms with E-state index in [9.17, 15) is 9.18 Å². The van der Waals surface area contributed by atoms with Gasteiger partial charge in [-0.1, -0.05) is 24.3 Å². The zero-order chi connectivity index (χ0) is 22.5. The van der Waals surface area contributed by atoms with Crippen LogP contribution in [-0.2, 0) is 11.3 Å². The molecule has 1 amide bonds. The number of hydrogen-bond donors (Lipinski definition) is 2. The van der Waals surface area contributed by atoms with Gasteiger partial charge >= 0.3 is 0 Å². The third kappa shape index (κ3) is 4.94. The molecule has 2 N–H and O–H groups in total. The smallest absolute Gasteiger partial charge is 0.247 e. The minimum atomic E-state index is -0.287. The first-order chi connectivity index (χ1) is 15.5. The lowest BCUT2D eigenvalue weighted by atomic mass is 10.1. The fourth-order valence-corrected chi connectivity index (χ4v) is 3.05. The van der Waals surface area contributed by atoms with E-state index in [1.54, 1.807) is 30.5 Å². The zero-order valence-corrected chi connectivity index (χ0v) is 17.6. The highest BCUT2D eigenvalue weighted by Crippen LogP contribution is 2.26. The monoisotopic (exact) mass is 432 g/mol. The second kappa shape index (κ2) is 9.34. The normalized spacial score (nSPS) is 10.7. The van der Waals surface area contributed by atoms with Crippen LogP contribution in [0.5, 0.6) is 5.88 Å². The number of ether oxygens (including phenoxy) is 1. The molecule has 2 aromatic carbocycles. The van der Waals surface area contributed by atoms with Crippen molar-refractivity contribution in [2.75, 3.05) is 17.2 Å². The quantitative estimate of drug-likeness (QED) is 0.451. The van der Waals surface area contributed by atoms with E-state index in [0.717, 1.165) is 11.1 Å². The number of benzene rings is 2. The Morgan fingerprint density at radius 2 is 1.78 bits per heavy atom. The fraction of sp³-hybridized carbons (Fsp3) is 0.174. The molecule has 0 saturated heterocycles. The molecule has 8 nitrogen and oxygen atoms in total. The van der Waals surface area contributed by atoms with Crippen molar-refractivity contribution in [1.29, 1.82) is 0 Å². The fourth-order valence-electron chi connectivity index (χ4n) is 3.05. The topological polar surface area (TPSA) is 102 Å². The maximum Gasteiger partial charge on any atom is 0.247 e. The highest BCUT2D eigenvalue weighted by Gasteiger charge is 2.13. The first-order valence-corrected chi connectivity index (χ1v) is 10.1. The summed E-state index contributed by atoms with van der Waals surface area (Å²) < 4.78 is 18.8. The Bertz CT molecular complexity index is 1250. The molecule has 4 rings (SSSR count). The first-order valence-electron chi connectivity index (χ1n) is 10.1. The summed E-state index contributed by atoms with van der Waals surface area (Å²) in [7, 11) is 0. The van der Waals surface area contributed by atoms with Crippen LogP contribution < -0.4 is 15.4 Å². The predicted molar refractivity (Wildman–Crippen MR) is 120 cm³/mol. The molecule has 0 spiro atoms. The van der Waals surface area contributed by atoms with Crippen molar-refractivity contribution in [2.45, 2.75) is 20.4 Å². The number of rotatable bonds is 7. The molecule has 2 aromatic heterocycles. The number of anilines is 2. The van der Waals surface area contributed by atoms with E-state index in [-0.39, 0.29) is 11.7 Å². The first kappa shape index (κ1) is 21.1. The van der Waals surface area contributed by atoms with Gasteiger partial charge in [0.15, 0.2) is 11.2 Å². The summed E-state index contributed by atoms with van der Waals surface area (Å²) in [5.41, 5.74) is 3.88. The Kier molecular flexibility index (Phi) is 6.16. The van der Waals surface area contributed by atoms with E-state index in [4.69, 9.17) is 4.74 Å². The number of halogens is 1. The van der Waals surface area contributed by atoms with Crippen LogP contribution in [0.1, 0.15) is 19.4 Å². The van der Waals surface area contributed by atoms with Crippen molar-refractivity contribution in [3.8, 4) is 17.1 Å². The average Bonchev–Trinajstić information content (AvgIpc) is 2.79. The average molecular weight is 432 g/mol. The van der Waals surface area contributed by atoms with Gasteiger partial charge in [0.2, 0.25) is 17.7 Å². The summed E-state index contributed by atoms with van der Waals surface area (Å²) in [5, 5.41) is 5.84. The number of fused-ring (bicyclic) bond motifs is 1. The molecular formula is C23H21FN6O2. The number of hydrogen-bond acceptors (Lipinski definition) is 7. The molecule has 0 radical (unpaired) electrons. The van der Waals surface area contributed by atoms with Crippen LogP contribution in [0.25, 0.3) is 22.4 Å². The van der Waals surface area contributed by atoms with Crippen LogP contribution in [0.15, 0.2) is 54.7 Å². The molecule has 2 heterocycles. The third-order valence-corrected chi connectivity index (χ3v) is 4.52. The molecular weight excluding hydrogens is 411 g/mol. The van der Waals surface area contributed by atoms with Crippen LogP contribution in [0.2, 0.25) is 0 Å². The van der Waals surface area contributed by atoms with Crippen LogP contribution in [0.3, 0.4) is 0 Å². The van der Waals surface area contributed by atoms with Crippen LogP contribution in [-0.4, -0.2) is 32.4 Å². The number of nitrogens with one attached hydrogen (secondary N) is 2. The molecule has 0 aliphatic rings. The highest BCUT2D eigenvalue weighted by molar-refractivity contribution is 5.89. The number of aromatic nitrogens is 4. The van der Waals surface area contributed by atoms with E-state index in [2.05, 4.69) is 30.6 Å². The zero-order valence-electron chi connectivity index (χ0n) is 17.6. The SMILES string of the molecule is CCOc1nc(NCc2ccc(F)cc2)nc2ncc(-c3ccc(NC(C)=O)cc3)nc12. The molecule has 0 bridgehead atoms. The Morgan fingerprint density at radius 3 is 2.47 bits per heavy atom. The molecule has 0 fully saturated rings. The predicted octanol–water partition coefficient (Wildman–Crippen LogP) is 4.20. The summed E-state index contributed by atoms with van der Waals surface area (Å²) in [6, 6.07) is 13.5. The van der Waals surface area contributed by atoms with Gasteiger partial charge in [-0.25, -0.2) is 14.4 Å². The second-order valence-corrected chi connectivity index (χ2v) is 6.95. The highest BCUT2D eigenvalue weighted by atomic mass is 19.1. The Balaban J connectivity index is 1.62. The van der Waals surface area contributed by atoms with Crippen molar-refractivity contribution in [3.63, 3.8) is 0 Å². The van der Waals surface area contributed by atoms with Gasteiger partial charge in [0.25, 0.3) is 0 Å². The molecule has 0 aliphatic heterocycles. The maximum absolute atomic E-state index is 13.1. The van der Waals surface area contributed by atoms with E-state index >= 15 is 0 Å². The molecule has 32 heavy (non-hydrogen) atoms. The minimum absolute atomic E-state index is 0.134. The molecule has 162 valence electrons. The van der Waals surface area contributed by atoms with Crippen LogP contribution in [0, 0.1) is 5.82 Å². The Morgan fingerprint density at radius 1 is 1.03 bits per heavy atom. The van der Waals surface area contributed by atoms with Crippen molar-refractivity contribution >= 4 is 28.7 Å². The van der Waals surface area contributed by atoms with Gasteiger partial charge in [-0.15, -0.1) is 0 Å². The summed E-state index contributed by atoms with van der Waals surface area (Å²) in [6.07, 6.45) is 1.63. The standard InChI is InChI=1S/C23H21FN6O2/c1-3-32-22-20-21(29-23(30-22)26-12-15-4-8-17(24)9-5-15)25-13-19(28-20)16-6-10-18(11-7-16)27-14(2)31/h4-11,13H,3,12H2,1-2H3,(H,27,31)(H,25,26,29,30). The summed E-state index contributed by atoms with van der Waals surface area (Å²) >= 11 is 0. The molecule has 0 saturated carbocycles. The molecule has 0 atom stereocenters. The van der Waals surface area contributed by atoms with E-state index < -0.39 is 0 Å². The lowest BCUT2D eigenvalue weighted by Gasteiger charge is -2.11. The summed E-state index contributed by atoms with van der Waals surface area (Å²) in [4.78, 5) is 29.2. The van der Waals surface area contributed by atoms with Crippen molar-refractivity contribution in [1.82, 2.24) is 19.9 Å². The Labute approximate surface area is 183 Å². The lowest BCUT2D eigenvalue weighted by molar-refractivity contribution is -0.114. The van der Waals surface area contributed by atoms with Gasteiger partial charge in [-0.2, -0.15) is 9.97 Å². The van der Waals surface area contributed by atoms with Gasteiger partial charge < -0.3 is 15.4 Å². The van der Waals surface area contributed by atoms with Gasteiger partial charge in [-0.05, 0) is 36.8 Å². The number of carbonyl (C=O) groups excluding carboxylic acids is 1. The number of nitrogens with zero attached hydrogens (tertiary/aromatic N) is 4. The molecule has 0 aliphatic carbocycles. The number of amides is 1. The van der Waals surface area contributed by atoms with E-state index in [1.165, 1.54) is 19.1 Å². The molecule has 9 heteroatoms. The van der Waals surface area contributed by atoms with Gasteiger partial charge in [0, 0.05) is 24.7 Å². The van der Waals surface area contributed by atoms with E-state index in [0.29, 0.717) is 47.5 Å². The van der Waals surface area contributed by atoms with Crippen molar-refractivity contribution < 1.29 is 13.9 Å². The van der Waals surface area contributed by atoms with Gasteiger partial charge in [0.1, 0.15) is 5.82 Å².